The van der Waals surface area contributed by atoms with Crippen LogP contribution in [0.2, 0.25) is 0 Å². The highest BCUT2D eigenvalue weighted by molar-refractivity contribution is 6.62. The van der Waals surface area contributed by atoms with E-state index in [2.05, 4.69) is 29.2 Å². The lowest BCUT2D eigenvalue weighted by atomic mass is 9.76. The van der Waals surface area contributed by atoms with Crippen LogP contribution in [0, 0.1) is 5.82 Å². The highest BCUT2D eigenvalue weighted by Gasteiger charge is 2.51. The first-order valence-electron chi connectivity index (χ1n) is 11.0. The Kier molecular flexibility index (Phi) is 4.45. The number of pyridine rings is 1. The number of carbonyl (C=O) groups is 1. The monoisotopic (exact) mass is 428 g/mol. The second-order valence-corrected chi connectivity index (χ2v) is 8.97. The highest BCUT2D eigenvalue weighted by Crippen LogP contribution is 2.45. The summed E-state index contributed by atoms with van der Waals surface area (Å²) >= 11 is 0. The van der Waals surface area contributed by atoms with Gasteiger partial charge >= 0.3 is 7.12 Å². The number of halogens is 1. The molecular formula is C25H22BFN2O3. The Morgan fingerprint density at radius 2 is 2.03 bits per heavy atom. The summed E-state index contributed by atoms with van der Waals surface area (Å²) in [5.41, 5.74) is 4.81. The van der Waals surface area contributed by atoms with Crippen LogP contribution in [0.25, 0.3) is 11.1 Å². The van der Waals surface area contributed by atoms with Gasteiger partial charge in [0, 0.05) is 6.54 Å². The van der Waals surface area contributed by atoms with Gasteiger partial charge in [0.15, 0.2) is 0 Å². The molecule has 1 atom stereocenters. The van der Waals surface area contributed by atoms with Crippen molar-refractivity contribution in [3.05, 3.63) is 83.4 Å². The predicted octanol–water partition coefficient (Wildman–Crippen LogP) is 3.22. The fourth-order valence-corrected chi connectivity index (χ4v) is 5.14. The predicted molar refractivity (Wildman–Crippen MR) is 119 cm³/mol. The first-order valence-corrected chi connectivity index (χ1v) is 11.0. The van der Waals surface area contributed by atoms with Crippen LogP contribution in [0.3, 0.4) is 0 Å². The van der Waals surface area contributed by atoms with Gasteiger partial charge in [-0.1, -0.05) is 42.5 Å². The average Bonchev–Trinajstić information content (AvgIpc) is 3.53. The Morgan fingerprint density at radius 1 is 1.19 bits per heavy atom. The summed E-state index contributed by atoms with van der Waals surface area (Å²) in [7, 11) is -1.03. The highest BCUT2D eigenvalue weighted by atomic mass is 19.1. The molecule has 1 aromatic heterocycles. The molecule has 160 valence electrons. The third-order valence-corrected chi connectivity index (χ3v) is 6.90. The lowest BCUT2D eigenvalue weighted by Crippen LogP contribution is -2.36. The maximum atomic E-state index is 13.2. The maximum absolute atomic E-state index is 13.2. The van der Waals surface area contributed by atoms with E-state index in [1.165, 1.54) is 36.1 Å². The fourth-order valence-electron chi connectivity index (χ4n) is 5.14. The van der Waals surface area contributed by atoms with Gasteiger partial charge in [0.2, 0.25) is 0 Å². The standard InChI is InChI=1S/C25H22BFN2O3/c27-18-8-10-23(28-14-18)24(30)29-12-11-25(15-29)21-9-7-17(13-22(21)26(31)32-25)20-4-2-1-3-19(20)16-5-6-16/h1-4,7-10,13-14,16,31H,5-6,11-12,15H2. The summed E-state index contributed by atoms with van der Waals surface area (Å²) in [4.78, 5) is 18.4. The van der Waals surface area contributed by atoms with Crippen LogP contribution in [0.5, 0.6) is 0 Å². The Bertz CT molecular complexity index is 1210. The SMILES string of the molecule is O=C(c1ccc(F)cn1)N1CCC2(C1)OB(O)c1cc(-c3ccccc3C3CC3)ccc12. The summed E-state index contributed by atoms with van der Waals surface area (Å²) in [5, 5.41) is 10.8. The Balaban J connectivity index is 1.30. The van der Waals surface area contributed by atoms with Gasteiger partial charge in [-0.25, -0.2) is 9.37 Å². The molecule has 1 spiro atoms. The summed E-state index contributed by atoms with van der Waals surface area (Å²) in [6.45, 7) is 0.809. The number of benzene rings is 2. The molecular weight excluding hydrogens is 406 g/mol. The molecule has 1 unspecified atom stereocenters. The van der Waals surface area contributed by atoms with Crippen molar-refractivity contribution in [1.82, 2.24) is 9.88 Å². The zero-order valence-electron chi connectivity index (χ0n) is 17.5. The molecule has 1 aliphatic carbocycles. The first-order chi connectivity index (χ1) is 15.5. The molecule has 2 fully saturated rings. The molecule has 1 N–H and O–H groups in total. The second kappa shape index (κ2) is 7.25. The van der Waals surface area contributed by atoms with Gasteiger partial charge in [-0.3, -0.25) is 4.79 Å². The van der Waals surface area contributed by atoms with E-state index in [9.17, 15) is 14.2 Å². The molecule has 3 aromatic rings. The Labute approximate surface area is 186 Å². The molecule has 3 aliphatic rings. The molecule has 6 rings (SSSR count). The first kappa shape index (κ1) is 19.6. The average molecular weight is 428 g/mol. The Morgan fingerprint density at radius 3 is 2.81 bits per heavy atom. The third-order valence-electron chi connectivity index (χ3n) is 6.90. The van der Waals surface area contributed by atoms with Crippen molar-refractivity contribution in [2.75, 3.05) is 13.1 Å². The molecule has 2 aliphatic heterocycles. The van der Waals surface area contributed by atoms with Gasteiger partial charge in [0.05, 0.1) is 18.3 Å². The van der Waals surface area contributed by atoms with Crippen molar-refractivity contribution >= 4 is 18.5 Å². The lowest BCUT2D eigenvalue weighted by molar-refractivity contribution is 0.0568. The number of rotatable bonds is 3. The van der Waals surface area contributed by atoms with Gasteiger partial charge in [0.1, 0.15) is 11.5 Å². The van der Waals surface area contributed by atoms with Gasteiger partial charge in [-0.05, 0) is 65.0 Å². The van der Waals surface area contributed by atoms with Crippen molar-refractivity contribution in [2.24, 2.45) is 0 Å². The molecule has 1 amide bonds. The van der Waals surface area contributed by atoms with E-state index in [-0.39, 0.29) is 11.6 Å². The van der Waals surface area contributed by atoms with E-state index in [0.29, 0.717) is 25.4 Å². The topological polar surface area (TPSA) is 62.7 Å². The van der Waals surface area contributed by atoms with E-state index in [4.69, 9.17) is 4.65 Å². The summed E-state index contributed by atoms with van der Waals surface area (Å²) < 4.78 is 19.2. The number of hydrogen-bond donors (Lipinski definition) is 1. The minimum atomic E-state index is -1.03. The smallest absolute Gasteiger partial charge is 0.423 e. The van der Waals surface area contributed by atoms with Gasteiger partial charge in [-0.15, -0.1) is 0 Å². The van der Waals surface area contributed by atoms with Gasteiger partial charge in [-0.2, -0.15) is 0 Å². The number of carbonyl (C=O) groups excluding carboxylic acids is 1. The molecule has 0 bridgehead atoms. The number of amides is 1. The van der Waals surface area contributed by atoms with Crippen molar-refractivity contribution in [3.8, 4) is 11.1 Å². The number of hydrogen-bond acceptors (Lipinski definition) is 4. The van der Waals surface area contributed by atoms with E-state index in [1.54, 1.807) is 4.90 Å². The molecule has 3 heterocycles. The number of fused-ring (bicyclic) bond motifs is 2. The van der Waals surface area contributed by atoms with Crippen LogP contribution in [0.15, 0.2) is 60.8 Å². The number of likely N-dealkylation sites (tertiary alicyclic amines) is 1. The minimum absolute atomic E-state index is 0.203. The maximum Gasteiger partial charge on any atom is 0.492 e. The molecule has 1 saturated carbocycles. The molecule has 0 radical (unpaired) electrons. The summed E-state index contributed by atoms with van der Waals surface area (Å²) in [5.74, 6) is -0.112. The molecule has 32 heavy (non-hydrogen) atoms. The van der Waals surface area contributed by atoms with E-state index in [1.807, 2.05) is 18.2 Å². The largest absolute Gasteiger partial charge is 0.492 e. The van der Waals surface area contributed by atoms with E-state index in [0.717, 1.165) is 22.8 Å². The summed E-state index contributed by atoms with van der Waals surface area (Å²) in [6.07, 6.45) is 4.08. The molecule has 1 saturated heterocycles. The van der Waals surface area contributed by atoms with Crippen LogP contribution in [0.1, 0.15) is 46.8 Å². The normalized spacial score (nSPS) is 21.9. The van der Waals surface area contributed by atoms with Gasteiger partial charge in [0.25, 0.3) is 5.91 Å². The van der Waals surface area contributed by atoms with Crippen LogP contribution in [-0.4, -0.2) is 41.0 Å². The number of aromatic nitrogens is 1. The lowest BCUT2D eigenvalue weighted by Gasteiger charge is -2.26. The van der Waals surface area contributed by atoms with Crippen molar-refractivity contribution < 1.29 is 18.9 Å². The molecule has 7 heteroatoms. The zero-order valence-corrected chi connectivity index (χ0v) is 17.5. The third kappa shape index (κ3) is 3.15. The zero-order chi connectivity index (χ0) is 21.9. The number of nitrogens with zero attached hydrogens (tertiary/aromatic N) is 2. The minimum Gasteiger partial charge on any atom is -0.423 e. The molecule has 2 aromatic carbocycles. The van der Waals surface area contributed by atoms with Crippen LogP contribution in [-0.2, 0) is 10.3 Å². The Hall–Kier alpha value is -3.03. The van der Waals surface area contributed by atoms with Crippen molar-refractivity contribution in [2.45, 2.75) is 30.8 Å². The van der Waals surface area contributed by atoms with E-state index < -0.39 is 18.5 Å². The van der Waals surface area contributed by atoms with Gasteiger partial charge < -0.3 is 14.6 Å². The second-order valence-electron chi connectivity index (χ2n) is 8.97. The van der Waals surface area contributed by atoms with Crippen LogP contribution >= 0.6 is 0 Å². The van der Waals surface area contributed by atoms with Crippen molar-refractivity contribution in [1.29, 1.82) is 0 Å². The van der Waals surface area contributed by atoms with E-state index >= 15 is 0 Å². The quantitative estimate of drug-likeness (QED) is 0.651. The molecule has 5 nitrogen and oxygen atoms in total. The van der Waals surface area contributed by atoms with Crippen LogP contribution in [0.4, 0.5) is 4.39 Å². The van der Waals surface area contributed by atoms with Crippen LogP contribution < -0.4 is 5.46 Å². The van der Waals surface area contributed by atoms with Crippen molar-refractivity contribution in [3.63, 3.8) is 0 Å². The summed E-state index contributed by atoms with van der Waals surface area (Å²) in [6, 6.07) is 17.2. The fraction of sp³-hybridized carbons (Fsp3) is 0.280.